The largest absolute Gasteiger partial charge is 0.321 e. The number of carbonyl (C=O) groups excluding carboxylic acids is 1. The number of sulfonamides is 1. The van der Waals surface area contributed by atoms with Crippen molar-refractivity contribution in [2.45, 2.75) is 56.8 Å². The SMILES string of the molecule is Cc1ccc(S(=O)(=O)N2CCCCC2)cc1NC(=O)c1cc2c(s1)CCCC2. The summed E-state index contributed by atoms with van der Waals surface area (Å²) in [7, 11) is -3.52. The van der Waals surface area contributed by atoms with Crippen LogP contribution in [0.5, 0.6) is 0 Å². The van der Waals surface area contributed by atoms with Crippen LogP contribution in [0.1, 0.15) is 57.8 Å². The Morgan fingerprint density at radius 1 is 1.04 bits per heavy atom. The highest BCUT2D eigenvalue weighted by Crippen LogP contribution is 2.31. The van der Waals surface area contributed by atoms with Crippen LogP contribution in [0.2, 0.25) is 0 Å². The fourth-order valence-electron chi connectivity index (χ4n) is 3.94. The van der Waals surface area contributed by atoms with Crippen molar-refractivity contribution in [2.24, 2.45) is 0 Å². The van der Waals surface area contributed by atoms with E-state index in [-0.39, 0.29) is 10.8 Å². The van der Waals surface area contributed by atoms with Gasteiger partial charge in [-0.3, -0.25) is 4.79 Å². The van der Waals surface area contributed by atoms with Gasteiger partial charge in [0, 0.05) is 23.7 Å². The van der Waals surface area contributed by atoms with E-state index in [2.05, 4.69) is 5.32 Å². The zero-order valence-corrected chi connectivity index (χ0v) is 17.8. The average molecular weight is 419 g/mol. The van der Waals surface area contributed by atoms with Crippen molar-refractivity contribution in [1.29, 1.82) is 0 Å². The average Bonchev–Trinajstić information content (AvgIpc) is 3.14. The lowest BCUT2D eigenvalue weighted by Crippen LogP contribution is -2.35. The van der Waals surface area contributed by atoms with Crippen molar-refractivity contribution < 1.29 is 13.2 Å². The van der Waals surface area contributed by atoms with Gasteiger partial charge in [-0.05, 0) is 74.8 Å². The Balaban J connectivity index is 1.57. The first-order valence-electron chi connectivity index (χ1n) is 9.99. The monoisotopic (exact) mass is 418 g/mol. The molecule has 1 aromatic heterocycles. The molecule has 2 aliphatic rings. The topological polar surface area (TPSA) is 66.5 Å². The lowest BCUT2D eigenvalue weighted by Gasteiger charge is -2.26. The summed E-state index contributed by atoms with van der Waals surface area (Å²) in [6.07, 6.45) is 7.34. The van der Waals surface area contributed by atoms with E-state index >= 15 is 0 Å². The predicted molar refractivity (Wildman–Crippen MR) is 113 cm³/mol. The second-order valence-corrected chi connectivity index (χ2v) is 10.7. The standard InChI is InChI=1S/C21H26N2O3S2/c1-15-9-10-17(28(25,26)23-11-5-2-6-12-23)14-18(15)22-21(24)20-13-16-7-3-4-8-19(16)27-20/h9-10,13-14H,2-8,11-12H2,1H3,(H,22,24). The van der Waals surface area contributed by atoms with Crippen molar-refractivity contribution in [3.63, 3.8) is 0 Å². The number of thiophene rings is 1. The number of nitrogens with one attached hydrogen (secondary N) is 1. The zero-order valence-electron chi connectivity index (χ0n) is 16.2. The van der Waals surface area contributed by atoms with Crippen molar-refractivity contribution >= 4 is 33.0 Å². The first-order chi connectivity index (χ1) is 13.4. The minimum Gasteiger partial charge on any atom is -0.321 e. The molecule has 1 saturated heterocycles. The van der Waals surface area contributed by atoms with E-state index in [4.69, 9.17) is 0 Å². The second-order valence-electron chi connectivity index (χ2n) is 7.66. The number of aryl methyl sites for hydroxylation is 3. The van der Waals surface area contributed by atoms with Gasteiger partial charge in [0.1, 0.15) is 0 Å². The molecule has 0 saturated carbocycles. The maximum atomic E-state index is 13.0. The molecular formula is C21H26N2O3S2. The van der Waals surface area contributed by atoms with E-state index in [0.717, 1.165) is 37.7 Å². The number of hydrogen-bond acceptors (Lipinski definition) is 4. The van der Waals surface area contributed by atoms with Crippen LogP contribution >= 0.6 is 11.3 Å². The molecule has 1 aromatic carbocycles. The minimum atomic E-state index is -3.52. The lowest BCUT2D eigenvalue weighted by molar-refractivity contribution is 0.103. The Bertz CT molecular complexity index is 966. The van der Waals surface area contributed by atoms with Gasteiger partial charge >= 0.3 is 0 Å². The molecule has 1 amide bonds. The van der Waals surface area contributed by atoms with E-state index in [1.807, 2.05) is 13.0 Å². The maximum absolute atomic E-state index is 13.0. The summed E-state index contributed by atoms with van der Waals surface area (Å²) in [4.78, 5) is 15.1. The predicted octanol–water partition coefficient (Wildman–Crippen LogP) is 4.36. The molecule has 2 heterocycles. The summed E-state index contributed by atoms with van der Waals surface area (Å²) in [6.45, 7) is 3.02. The Hall–Kier alpha value is -1.70. The molecule has 0 spiro atoms. The summed E-state index contributed by atoms with van der Waals surface area (Å²) >= 11 is 1.56. The highest BCUT2D eigenvalue weighted by Gasteiger charge is 2.26. The summed E-state index contributed by atoms with van der Waals surface area (Å²) < 4.78 is 27.5. The van der Waals surface area contributed by atoms with Crippen LogP contribution in [0, 0.1) is 6.92 Å². The summed E-state index contributed by atoms with van der Waals surface area (Å²) in [5.41, 5.74) is 2.71. The number of fused-ring (bicyclic) bond motifs is 1. The second kappa shape index (κ2) is 7.97. The van der Waals surface area contributed by atoms with Gasteiger partial charge in [-0.25, -0.2) is 8.42 Å². The van der Waals surface area contributed by atoms with Crippen LogP contribution in [-0.2, 0) is 22.9 Å². The Labute approximate surface area is 170 Å². The summed E-state index contributed by atoms with van der Waals surface area (Å²) in [6, 6.07) is 7.01. The van der Waals surface area contributed by atoms with Crippen LogP contribution in [0.15, 0.2) is 29.2 Å². The first-order valence-corrected chi connectivity index (χ1v) is 12.2. The maximum Gasteiger partial charge on any atom is 0.265 e. The fraction of sp³-hybridized carbons (Fsp3) is 0.476. The Morgan fingerprint density at radius 3 is 2.54 bits per heavy atom. The van der Waals surface area contributed by atoms with E-state index in [0.29, 0.717) is 23.7 Å². The highest BCUT2D eigenvalue weighted by atomic mass is 32.2. The van der Waals surface area contributed by atoms with E-state index in [1.165, 1.54) is 23.3 Å². The summed E-state index contributed by atoms with van der Waals surface area (Å²) in [5, 5.41) is 2.94. The number of nitrogens with zero attached hydrogens (tertiary/aromatic N) is 1. The molecule has 1 fully saturated rings. The summed E-state index contributed by atoms with van der Waals surface area (Å²) in [5.74, 6) is -0.157. The highest BCUT2D eigenvalue weighted by molar-refractivity contribution is 7.89. The smallest absolute Gasteiger partial charge is 0.265 e. The van der Waals surface area contributed by atoms with Gasteiger partial charge in [0.15, 0.2) is 0 Å². The molecule has 28 heavy (non-hydrogen) atoms. The number of hydrogen-bond donors (Lipinski definition) is 1. The van der Waals surface area contributed by atoms with Crippen molar-refractivity contribution in [3.8, 4) is 0 Å². The molecule has 7 heteroatoms. The molecule has 150 valence electrons. The van der Waals surface area contributed by atoms with Gasteiger partial charge in [-0.2, -0.15) is 4.31 Å². The number of anilines is 1. The van der Waals surface area contributed by atoms with Gasteiger partial charge in [-0.1, -0.05) is 12.5 Å². The molecule has 0 atom stereocenters. The number of piperidine rings is 1. The molecule has 5 nitrogen and oxygen atoms in total. The molecule has 1 aliphatic heterocycles. The van der Waals surface area contributed by atoms with Crippen LogP contribution in [0.25, 0.3) is 0 Å². The third-order valence-corrected chi connectivity index (χ3v) is 8.76. The van der Waals surface area contributed by atoms with Gasteiger partial charge in [0.05, 0.1) is 9.77 Å². The molecule has 0 bridgehead atoms. The van der Waals surface area contributed by atoms with Gasteiger partial charge in [0.25, 0.3) is 5.91 Å². The number of rotatable bonds is 4. The first kappa shape index (κ1) is 19.6. The van der Waals surface area contributed by atoms with Crippen molar-refractivity contribution in [3.05, 3.63) is 45.1 Å². The number of benzene rings is 1. The molecule has 1 N–H and O–H groups in total. The molecule has 2 aromatic rings. The van der Waals surface area contributed by atoms with Gasteiger partial charge in [0.2, 0.25) is 10.0 Å². The van der Waals surface area contributed by atoms with Crippen LogP contribution in [-0.4, -0.2) is 31.7 Å². The van der Waals surface area contributed by atoms with E-state index in [1.54, 1.807) is 33.8 Å². The minimum absolute atomic E-state index is 0.157. The van der Waals surface area contributed by atoms with Gasteiger partial charge in [-0.15, -0.1) is 11.3 Å². The third-order valence-electron chi connectivity index (χ3n) is 5.63. The molecule has 0 unspecified atom stereocenters. The zero-order chi connectivity index (χ0) is 19.7. The van der Waals surface area contributed by atoms with Crippen LogP contribution in [0.3, 0.4) is 0 Å². The Morgan fingerprint density at radius 2 is 1.79 bits per heavy atom. The van der Waals surface area contributed by atoms with Crippen molar-refractivity contribution in [2.75, 3.05) is 18.4 Å². The lowest BCUT2D eigenvalue weighted by atomic mass is 9.99. The molecule has 0 radical (unpaired) electrons. The normalized spacial score (nSPS) is 17.9. The van der Waals surface area contributed by atoms with Crippen molar-refractivity contribution in [1.82, 2.24) is 4.31 Å². The molecular weight excluding hydrogens is 392 g/mol. The number of amides is 1. The third kappa shape index (κ3) is 3.88. The Kier molecular flexibility index (Phi) is 5.58. The fourth-order valence-corrected chi connectivity index (χ4v) is 6.63. The number of carbonyl (C=O) groups is 1. The van der Waals surface area contributed by atoms with E-state index < -0.39 is 10.0 Å². The molecule has 1 aliphatic carbocycles. The van der Waals surface area contributed by atoms with E-state index in [9.17, 15) is 13.2 Å². The van der Waals surface area contributed by atoms with Crippen LogP contribution < -0.4 is 5.32 Å². The van der Waals surface area contributed by atoms with Gasteiger partial charge < -0.3 is 5.32 Å². The quantitative estimate of drug-likeness (QED) is 0.802. The molecule has 4 rings (SSSR count). The van der Waals surface area contributed by atoms with Crippen LogP contribution in [0.4, 0.5) is 5.69 Å².